The summed E-state index contributed by atoms with van der Waals surface area (Å²) >= 11 is 0. The Morgan fingerprint density at radius 2 is 2.00 bits per heavy atom. The molecule has 17 heavy (non-hydrogen) atoms. The highest BCUT2D eigenvalue weighted by Crippen LogP contribution is 2.22. The molecule has 0 aromatic carbocycles. The van der Waals surface area contributed by atoms with Gasteiger partial charge >= 0.3 is 6.18 Å². The summed E-state index contributed by atoms with van der Waals surface area (Å²) in [5.74, 6) is -0.575. The topological polar surface area (TPSA) is 49.4 Å². The Hall–Kier alpha value is -1.11. The maximum absolute atomic E-state index is 11.8. The fraction of sp³-hybridized carbons (Fsp3) is 0.800. The second kappa shape index (κ2) is 5.48. The van der Waals surface area contributed by atoms with Gasteiger partial charge in [-0.15, -0.1) is 0 Å². The van der Waals surface area contributed by atoms with Crippen molar-refractivity contribution in [3.8, 4) is 0 Å². The molecule has 1 atom stereocenters. The lowest BCUT2D eigenvalue weighted by atomic mass is 10.2. The molecule has 0 aromatic heterocycles. The molecule has 0 bridgehead atoms. The van der Waals surface area contributed by atoms with Crippen LogP contribution >= 0.6 is 0 Å². The summed E-state index contributed by atoms with van der Waals surface area (Å²) in [6, 6.07) is -0.571. The van der Waals surface area contributed by atoms with E-state index in [-0.39, 0.29) is 24.7 Å². The van der Waals surface area contributed by atoms with Gasteiger partial charge in [0.25, 0.3) is 0 Å². The quantitative estimate of drug-likeness (QED) is 0.588. The number of hydrogen-bond donors (Lipinski definition) is 1. The van der Waals surface area contributed by atoms with Gasteiger partial charge < -0.3 is 5.32 Å². The Bertz CT molecular complexity index is 304. The van der Waals surface area contributed by atoms with E-state index < -0.39 is 18.6 Å². The number of amides is 2. The SMILES string of the molecule is CN1C(=O)CC(NCCCCC(F)(F)F)C1=O. The van der Waals surface area contributed by atoms with Gasteiger partial charge in [-0.3, -0.25) is 14.5 Å². The van der Waals surface area contributed by atoms with E-state index in [0.717, 1.165) is 4.90 Å². The first kappa shape index (κ1) is 14.0. The number of carbonyl (C=O) groups excluding carboxylic acids is 2. The van der Waals surface area contributed by atoms with Crippen LogP contribution < -0.4 is 5.32 Å². The van der Waals surface area contributed by atoms with Crippen molar-refractivity contribution in [1.82, 2.24) is 10.2 Å². The summed E-state index contributed by atoms with van der Waals surface area (Å²) in [6.07, 6.45) is -4.48. The summed E-state index contributed by atoms with van der Waals surface area (Å²) < 4.78 is 35.5. The molecule has 1 saturated heterocycles. The zero-order valence-electron chi connectivity index (χ0n) is 9.51. The van der Waals surface area contributed by atoms with Crippen LogP contribution in [-0.4, -0.2) is 42.5 Å². The second-order valence-corrected chi connectivity index (χ2v) is 4.07. The van der Waals surface area contributed by atoms with Gasteiger partial charge in [-0.1, -0.05) is 0 Å². The molecule has 98 valence electrons. The minimum absolute atomic E-state index is 0.0290. The predicted octanol–water partition coefficient (Wildman–Crippen LogP) is 1.07. The van der Waals surface area contributed by atoms with Crippen LogP contribution in [0, 0.1) is 0 Å². The van der Waals surface area contributed by atoms with E-state index >= 15 is 0 Å². The largest absolute Gasteiger partial charge is 0.389 e. The number of unbranched alkanes of at least 4 members (excludes halogenated alkanes) is 1. The number of nitrogens with zero attached hydrogens (tertiary/aromatic N) is 1. The minimum Gasteiger partial charge on any atom is -0.305 e. The van der Waals surface area contributed by atoms with E-state index in [0.29, 0.717) is 13.0 Å². The molecule has 0 saturated carbocycles. The monoisotopic (exact) mass is 252 g/mol. The number of carbonyl (C=O) groups is 2. The first-order chi connectivity index (χ1) is 7.81. The number of nitrogens with one attached hydrogen (secondary N) is 1. The zero-order chi connectivity index (χ0) is 13.1. The average Bonchev–Trinajstić information content (AvgIpc) is 2.44. The van der Waals surface area contributed by atoms with Crippen molar-refractivity contribution in [3.63, 3.8) is 0 Å². The van der Waals surface area contributed by atoms with Crippen LogP contribution in [0.1, 0.15) is 25.7 Å². The highest BCUT2D eigenvalue weighted by molar-refractivity contribution is 6.05. The normalized spacial score (nSPS) is 21.4. The number of halogens is 3. The Morgan fingerprint density at radius 1 is 1.35 bits per heavy atom. The minimum atomic E-state index is -4.13. The van der Waals surface area contributed by atoms with Crippen LogP contribution in [0.3, 0.4) is 0 Å². The van der Waals surface area contributed by atoms with Gasteiger partial charge in [0.1, 0.15) is 0 Å². The van der Waals surface area contributed by atoms with Crippen molar-refractivity contribution in [2.45, 2.75) is 37.9 Å². The van der Waals surface area contributed by atoms with Crippen molar-refractivity contribution >= 4 is 11.8 Å². The Labute approximate surface area is 97.1 Å². The van der Waals surface area contributed by atoms with Crippen LogP contribution in [0.2, 0.25) is 0 Å². The Morgan fingerprint density at radius 3 is 2.47 bits per heavy atom. The van der Waals surface area contributed by atoms with Crippen molar-refractivity contribution in [3.05, 3.63) is 0 Å². The smallest absolute Gasteiger partial charge is 0.305 e. The van der Waals surface area contributed by atoms with E-state index in [1.54, 1.807) is 0 Å². The number of alkyl halides is 3. The first-order valence-corrected chi connectivity index (χ1v) is 5.42. The fourth-order valence-corrected chi connectivity index (χ4v) is 1.64. The second-order valence-electron chi connectivity index (χ2n) is 4.07. The van der Waals surface area contributed by atoms with Crippen molar-refractivity contribution in [2.75, 3.05) is 13.6 Å². The third-order valence-corrected chi connectivity index (χ3v) is 2.66. The fourth-order valence-electron chi connectivity index (χ4n) is 1.64. The molecule has 0 radical (unpaired) electrons. The van der Waals surface area contributed by atoms with Crippen LogP contribution in [0.25, 0.3) is 0 Å². The molecule has 0 aliphatic carbocycles. The van der Waals surface area contributed by atoms with E-state index in [1.807, 2.05) is 0 Å². The summed E-state index contributed by atoms with van der Waals surface area (Å²) in [4.78, 5) is 23.6. The molecule has 4 nitrogen and oxygen atoms in total. The Balaban J connectivity index is 2.16. The lowest BCUT2D eigenvalue weighted by Crippen LogP contribution is -2.37. The van der Waals surface area contributed by atoms with Crippen molar-refractivity contribution in [2.24, 2.45) is 0 Å². The number of likely N-dealkylation sites (tertiary alicyclic amines) is 1. The lowest BCUT2D eigenvalue weighted by molar-refractivity contribution is -0.138. The third-order valence-electron chi connectivity index (χ3n) is 2.66. The maximum Gasteiger partial charge on any atom is 0.389 e. The zero-order valence-corrected chi connectivity index (χ0v) is 9.51. The highest BCUT2D eigenvalue weighted by Gasteiger charge is 2.35. The molecule has 1 N–H and O–H groups in total. The molecular weight excluding hydrogens is 237 g/mol. The third kappa shape index (κ3) is 4.33. The predicted molar refractivity (Wildman–Crippen MR) is 54.1 cm³/mol. The van der Waals surface area contributed by atoms with Gasteiger partial charge in [-0.05, 0) is 19.4 Å². The van der Waals surface area contributed by atoms with Crippen molar-refractivity contribution in [1.29, 1.82) is 0 Å². The summed E-state index contributed by atoms with van der Waals surface area (Å²) in [7, 11) is 1.40. The number of rotatable bonds is 5. The maximum atomic E-state index is 11.8. The molecule has 1 heterocycles. The van der Waals surface area contributed by atoms with Gasteiger partial charge in [0, 0.05) is 13.5 Å². The van der Waals surface area contributed by atoms with Gasteiger partial charge in [0.05, 0.1) is 12.5 Å². The van der Waals surface area contributed by atoms with E-state index in [1.165, 1.54) is 7.05 Å². The molecule has 1 rings (SSSR count). The molecule has 1 fully saturated rings. The van der Waals surface area contributed by atoms with E-state index in [4.69, 9.17) is 0 Å². The van der Waals surface area contributed by atoms with Gasteiger partial charge in [-0.2, -0.15) is 13.2 Å². The van der Waals surface area contributed by atoms with E-state index in [9.17, 15) is 22.8 Å². The van der Waals surface area contributed by atoms with Gasteiger partial charge in [-0.25, -0.2) is 0 Å². The van der Waals surface area contributed by atoms with Crippen LogP contribution in [0.4, 0.5) is 13.2 Å². The van der Waals surface area contributed by atoms with Crippen molar-refractivity contribution < 1.29 is 22.8 Å². The standard InChI is InChI=1S/C10H15F3N2O2/c1-15-8(16)6-7(9(15)17)14-5-3-2-4-10(11,12)13/h7,14H,2-6H2,1H3. The molecular formula is C10H15F3N2O2. The molecule has 7 heteroatoms. The number of imide groups is 1. The number of likely N-dealkylation sites (N-methyl/N-ethyl adjacent to an activating group) is 1. The summed E-state index contributed by atoms with van der Waals surface area (Å²) in [5, 5.41) is 2.80. The van der Waals surface area contributed by atoms with Gasteiger partial charge in [0.2, 0.25) is 11.8 Å². The van der Waals surface area contributed by atoms with Gasteiger partial charge in [0.15, 0.2) is 0 Å². The summed E-state index contributed by atoms with van der Waals surface area (Å²) in [6.45, 7) is 0.313. The summed E-state index contributed by atoms with van der Waals surface area (Å²) in [5.41, 5.74) is 0. The number of hydrogen-bond acceptors (Lipinski definition) is 3. The first-order valence-electron chi connectivity index (χ1n) is 5.42. The molecule has 2 amide bonds. The molecule has 0 spiro atoms. The molecule has 1 aliphatic rings. The highest BCUT2D eigenvalue weighted by atomic mass is 19.4. The van der Waals surface area contributed by atoms with Crippen LogP contribution in [0.15, 0.2) is 0 Å². The molecule has 1 unspecified atom stereocenters. The Kier molecular flexibility index (Phi) is 4.50. The van der Waals surface area contributed by atoms with E-state index in [2.05, 4.69) is 5.32 Å². The molecule has 1 aliphatic heterocycles. The molecule has 0 aromatic rings. The lowest BCUT2D eigenvalue weighted by Gasteiger charge is -2.11. The van der Waals surface area contributed by atoms with Crippen LogP contribution in [-0.2, 0) is 9.59 Å². The van der Waals surface area contributed by atoms with Crippen LogP contribution in [0.5, 0.6) is 0 Å². The average molecular weight is 252 g/mol.